The Morgan fingerprint density at radius 2 is 1.91 bits per heavy atom. The molecule has 6 heterocycles. The Morgan fingerprint density at radius 1 is 1.04 bits per heavy atom. The molecule has 8 rings (SSSR count). The lowest BCUT2D eigenvalue weighted by molar-refractivity contribution is -0.134. The van der Waals surface area contributed by atoms with Crippen LogP contribution in [0.3, 0.4) is 0 Å². The standard InChI is InChI=1S/C40H32ClN7O5/c1-22-16-29-32(47(2)40(22)52)17-24(41)18-33(29)48-15-5-8-30-34(48)21-44-37(45-30)23-10-12-31(43-20-23)39(51)42-14-4-6-25-19-28-26(7-3-9-35(28)53-25)27-11-13-36(49)46-38(27)50/h3,7,9-10,12,16-21,27H,5,8,11,13-15H2,1-2H3,(H,42,51)(H,46,49,50). The van der Waals surface area contributed by atoms with Crippen molar-refractivity contribution in [3.63, 3.8) is 0 Å². The van der Waals surface area contributed by atoms with E-state index in [1.165, 1.54) is 0 Å². The Kier molecular flexibility index (Phi) is 8.72. The van der Waals surface area contributed by atoms with Crippen LogP contribution in [-0.2, 0) is 23.1 Å². The molecule has 1 saturated heterocycles. The number of fused-ring (bicyclic) bond motifs is 3. The first-order valence-electron chi connectivity index (χ1n) is 17.2. The molecule has 0 bridgehead atoms. The number of halogens is 1. The summed E-state index contributed by atoms with van der Waals surface area (Å²) in [5.41, 5.74) is 6.24. The van der Waals surface area contributed by atoms with Crippen LogP contribution in [0, 0.1) is 18.8 Å². The first-order chi connectivity index (χ1) is 25.6. The minimum atomic E-state index is -0.443. The van der Waals surface area contributed by atoms with Gasteiger partial charge in [-0.15, -0.1) is 0 Å². The van der Waals surface area contributed by atoms with E-state index in [1.54, 1.807) is 54.3 Å². The number of rotatable bonds is 5. The third kappa shape index (κ3) is 6.40. The topological polar surface area (TPSA) is 152 Å². The molecule has 12 nitrogen and oxygen atoms in total. The summed E-state index contributed by atoms with van der Waals surface area (Å²) in [6.07, 6.45) is 5.72. The van der Waals surface area contributed by atoms with E-state index < -0.39 is 5.92 Å². The molecule has 0 saturated carbocycles. The van der Waals surface area contributed by atoms with Gasteiger partial charge in [0.05, 0.1) is 41.2 Å². The maximum atomic E-state index is 12.9. The highest BCUT2D eigenvalue weighted by molar-refractivity contribution is 6.32. The highest BCUT2D eigenvalue weighted by atomic mass is 35.5. The van der Waals surface area contributed by atoms with E-state index in [0.717, 1.165) is 58.3 Å². The fourth-order valence-corrected chi connectivity index (χ4v) is 7.28. The molecule has 13 heteroatoms. The molecule has 0 radical (unpaired) electrons. The molecule has 264 valence electrons. The first kappa shape index (κ1) is 33.8. The minimum absolute atomic E-state index is 0.0571. The molecule has 6 aromatic rings. The molecule has 3 amide bonds. The van der Waals surface area contributed by atoms with Gasteiger partial charge in [-0.25, -0.2) is 9.97 Å². The number of furan rings is 1. The number of pyridine rings is 2. The smallest absolute Gasteiger partial charge is 0.270 e. The van der Waals surface area contributed by atoms with Crippen molar-refractivity contribution in [2.45, 2.75) is 38.5 Å². The molecule has 2 N–H and O–H groups in total. The number of carbonyl (C=O) groups excluding carboxylic acids is 3. The molecule has 1 atom stereocenters. The van der Waals surface area contributed by atoms with Gasteiger partial charge in [0.25, 0.3) is 11.5 Å². The van der Waals surface area contributed by atoms with Gasteiger partial charge in [0.15, 0.2) is 11.6 Å². The molecule has 2 aliphatic rings. The number of aromatic nitrogens is 4. The highest BCUT2D eigenvalue weighted by Crippen LogP contribution is 2.39. The van der Waals surface area contributed by atoms with Crippen LogP contribution < -0.4 is 21.1 Å². The number of aryl methyl sites for hydroxylation is 3. The van der Waals surface area contributed by atoms with Gasteiger partial charge in [-0.05, 0) is 74.1 Å². The molecule has 4 aromatic heterocycles. The van der Waals surface area contributed by atoms with Gasteiger partial charge in [-0.1, -0.05) is 29.7 Å². The molecular weight excluding hydrogens is 694 g/mol. The van der Waals surface area contributed by atoms with Crippen molar-refractivity contribution in [1.82, 2.24) is 30.2 Å². The van der Waals surface area contributed by atoms with Crippen molar-refractivity contribution in [2.75, 3.05) is 18.0 Å². The summed E-state index contributed by atoms with van der Waals surface area (Å²) in [6, 6.07) is 16.2. The lowest BCUT2D eigenvalue weighted by Gasteiger charge is -2.31. The van der Waals surface area contributed by atoms with Crippen molar-refractivity contribution in [3.8, 4) is 23.2 Å². The monoisotopic (exact) mass is 725 g/mol. The van der Waals surface area contributed by atoms with Gasteiger partial charge < -0.3 is 19.2 Å². The zero-order chi connectivity index (χ0) is 36.8. The predicted octanol–water partition coefficient (Wildman–Crippen LogP) is 5.48. The number of imide groups is 1. The molecule has 1 unspecified atom stereocenters. The van der Waals surface area contributed by atoms with Crippen molar-refractivity contribution in [2.24, 2.45) is 7.05 Å². The molecule has 53 heavy (non-hydrogen) atoms. The summed E-state index contributed by atoms with van der Waals surface area (Å²) in [7, 11) is 1.75. The van der Waals surface area contributed by atoms with E-state index in [4.69, 9.17) is 21.0 Å². The number of hydrogen-bond donors (Lipinski definition) is 2. The Balaban J connectivity index is 0.950. The van der Waals surface area contributed by atoms with Crippen molar-refractivity contribution >= 4 is 62.6 Å². The van der Waals surface area contributed by atoms with Crippen LogP contribution in [-0.4, -0.2) is 50.3 Å². The Labute approximate surface area is 308 Å². The van der Waals surface area contributed by atoms with Gasteiger partial charge >= 0.3 is 0 Å². The average Bonchev–Trinajstić information content (AvgIpc) is 3.59. The SMILES string of the molecule is Cc1cc2c(N3CCCc4nc(-c5ccc(C(=O)NCC#Cc6cc7c(C8CCC(=O)NC8=O)cccc7o6)nc5)ncc43)cc(Cl)cc2n(C)c1=O. The number of carbonyl (C=O) groups is 3. The summed E-state index contributed by atoms with van der Waals surface area (Å²) in [5, 5.41) is 7.38. The summed E-state index contributed by atoms with van der Waals surface area (Å²) in [6.45, 7) is 2.61. The van der Waals surface area contributed by atoms with Crippen molar-refractivity contribution in [1.29, 1.82) is 0 Å². The second kappa shape index (κ2) is 13.7. The quantitative estimate of drug-likeness (QED) is 0.174. The normalized spacial score (nSPS) is 15.5. The molecular formula is C40H32ClN7O5. The zero-order valence-corrected chi connectivity index (χ0v) is 29.6. The van der Waals surface area contributed by atoms with Gasteiger partial charge in [-0.3, -0.25) is 29.5 Å². The second-order valence-corrected chi connectivity index (χ2v) is 13.6. The maximum Gasteiger partial charge on any atom is 0.270 e. The summed E-state index contributed by atoms with van der Waals surface area (Å²) >= 11 is 6.55. The van der Waals surface area contributed by atoms with Gasteiger partial charge in [0.2, 0.25) is 11.8 Å². The van der Waals surface area contributed by atoms with Crippen LogP contribution in [0.5, 0.6) is 0 Å². The van der Waals surface area contributed by atoms with Crippen LogP contribution in [0.25, 0.3) is 33.3 Å². The number of amides is 3. The number of nitrogens with one attached hydrogen (secondary N) is 2. The Bertz CT molecular complexity index is 2620. The highest BCUT2D eigenvalue weighted by Gasteiger charge is 2.30. The fourth-order valence-electron chi connectivity index (χ4n) is 7.07. The van der Waals surface area contributed by atoms with E-state index in [-0.39, 0.29) is 41.9 Å². The lowest BCUT2D eigenvalue weighted by atomic mass is 9.88. The van der Waals surface area contributed by atoms with Crippen LogP contribution in [0.1, 0.15) is 58.2 Å². The Hall–Kier alpha value is -6.32. The van der Waals surface area contributed by atoms with E-state index in [2.05, 4.69) is 37.3 Å². The number of piperidine rings is 1. The van der Waals surface area contributed by atoms with Crippen molar-refractivity contribution < 1.29 is 18.8 Å². The number of anilines is 2. The summed E-state index contributed by atoms with van der Waals surface area (Å²) < 4.78 is 7.50. The van der Waals surface area contributed by atoms with Gasteiger partial charge in [-0.2, -0.15) is 0 Å². The van der Waals surface area contributed by atoms with Crippen molar-refractivity contribution in [3.05, 3.63) is 111 Å². The van der Waals surface area contributed by atoms with Crippen LogP contribution in [0.4, 0.5) is 11.4 Å². The number of nitrogens with zero attached hydrogens (tertiary/aromatic N) is 5. The lowest BCUT2D eigenvalue weighted by Crippen LogP contribution is -2.39. The number of benzene rings is 2. The van der Waals surface area contributed by atoms with Crippen LogP contribution >= 0.6 is 11.6 Å². The third-order valence-electron chi connectivity index (χ3n) is 9.70. The predicted molar refractivity (Wildman–Crippen MR) is 200 cm³/mol. The maximum absolute atomic E-state index is 12.9. The molecule has 2 aliphatic heterocycles. The minimum Gasteiger partial charge on any atom is -0.448 e. The second-order valence-electron chi connectivity index (χ2n) is 13.1. The van der Waals surface area contributed by atoms with Crippen LogP contribution in [0.2, 0.25) is 5.02 Å². The first-order valence-corrected chi connectivity index (χ1v) is 17.6. The molecule has 1 fully saturated rings. The number of hydrogen-bond acceptors (Lipinski definition) is 9. The fraction of sp³-hybridized carbons (Fsp3) is 0.225. The Morgan fingerprint density at radius 3 is 2.72 bits per heavy atom. The van der Waals surface area contributed by atoms with Crippen LogP contribution in [0.15, 0.2) is 76.2 Å². The van der Waals surface area contributed by atoms with E-state index >= 15 is 0 Å². The summed E-state index contributed by atoms with van der Waals surface area (Å²) in [5.74, 6) is 5.31. The molecule has 0 aliphatic carbocycles. The molecule has 2 aromatic carbocycles. The molecule has 0 spiro atoms. The zero-order valence-electron chi connectivity index (χ0n) is 28.8. The summed E-state index contributed by atoms with van der Waals surface area (Å²) in [4.78, 5) is 65.6. The van der Waals surface area contributed by atoms with E-state index in [1.807, 2.05) is 31.2 Å². The van der Waals surface area contributed by atoms with E-state index in [0.29, 0.717) is 39.7 Å². The van der Waals surface area contributed by atoms with Gasteiger partial charge in [0, 0.05) is 59.2 Å². The average molecular weight is 726 g/mol. The third-order valence-corrected chi connectivity index (χ3v) is 9.92. The van der Waals surface area contributed by atoms with Gasteiger partial charge in [0.1, 0.15) is 11.3 Å². The van der Waals surface area contributed by atoms with E-state index in [9.17, 15) is 19.2 Å². The largest absolute Gasteiger partial charge is 0.448 e.